The normalized spacial score (nSPS) is 33.4. The molecular formula is C19H15NO4. The molecule has 0 saturated carbocycles. The number of carboxylic acid groups (broad SMARTS) is 1. The number of nitrogens with zero attached hydrogens (tertiary/aromatic N) is 1. The van der Waals surface area contributed by atoms with Crippen LogP contribution in [0.15, 0.2) is 54.6 Å². The molecular weight excluding hydrogens is 306 g/mol. The van der Waals surface area contributed by atoms with Crippen LogP contribution in [0.5, 0.6) is 0 Å². The minimum absolute atomic E-state index is 0.161. The number of hydrogen-bond donors (Lipinski definition) is 1. The number of anilines is 1. The van der Waals surface area contributed by atoms with Crippen molar-refractivity contribution in [3.05, 3.63) is 54.6 Å². The van der Waals surface area contributed by atoms with Gasteiger partial charge >= 0.3 is 5.97 Å². The summed E-state index contributed by atoms with van der Waals surface area (Å²) in [6, 6.07) is 13.7. The molecule has 5 rings (SSSR count). The van der Waals surface area contributed by atoms with Crippen molar-refractivity contribution in [2.24, 2.45) is 11.8 Å². The van der Waals surface area contributed by atoms with Gasteiger partial charge < -0.3 is 14.7 Å². The Morgan fingerprint density at radius 3 is 2.83 bits per heavy atom. The van der Waals surface area contributed by atoms with Crippen LogP contribution >= 0.6 is 0 Å². The third-order valence-corrected chi connectivity index (χ3v) is 5.44. The molecule has 4 atom stereocenters. The van der Waals surface area contributed by atoms with Crippen LogP contribution in [0.1, 0.15) is 0 Å². The summed E-state index contributed by atoms with van der Waals surface area (Å²) in [7, 11) is 0. The molecule has 3 heterocycles. The van der Waals surface area contributed by atoms with Crippen molar-refractivity contribution in [3.8, 4) is 0 Å². The van der Waals surface area contributed by atoms with E-state index in [9.17, 15) is 14.7 Å². The molecule has 2 bridgehead atoms. The number of fused-ring (bicyclic) bond motifs is 2. The van der Waals surface area contributed by atoms with E-state index in [4.69, 9.17) is 4.74 Å². The second-order valence-corrected chi connectivity index (χ2v) is 6.66. The number of carbonyl (C=O) groups is 2. The molecule has 1 amide bonds. The zero-order valence-corrected chi connectivity index (χ0v) is 12.8. The fourth-order valence-corrected chi connectivity index (χ4v) is 4.43. The summed E-state index contributed by atoms with van der Waals surface area (Å²) in [5, 5.41) is 11.6. The maximum Gasteiger partial charge on any atom is 0.310 e. The van der Waals surface area contributed by atoms with E-state index in [2.05, 4.69) is 0 Å². The van der Waals surface area contributed by atoms with Crippen LogP contribution in [-0.2, 0) is 14.3 Å². The van der Waals surface area contributed by atoms with Crippen molar-refractivity contribution in [1.82, 2.24) is 0 Å². The number of benzene rings is 2. The Kier molecular flexibility index (Phi) is 2.55. The second-order valence-electron chi connectivity index (χ2n) is 6.66. The molecule has 3 aliphatic rings. The second kappa shape index (κ2) is 4.45. The van der Waals surface area contributed by atoms with Crippen LogP contribution in [0.2, 0.25) is 0 Å². The third kappa shape index (κ3) is 1.57. The van der Waals surface area contributed by atoms with Crippen LogP contribution in [-0.4, -0.2) is 35.2 Å². The zero-order chi connectivity index (χ0) is 16.5. The summed E-state index contributed by atoms with van der Waals surface area (Å²) in [5.74, 6) is -2.58. The van der Waals surface area contributed by atoms with E-state index in [-0.39, 0.29) is 5.91 Å². The standard InChI is InChI=1S/C19H15NO4/c21-17-16-15(18(22)23)14-8-9-19(16,24-14)10-20(17)13-7-3-5-11-4-1-2-6-12(11)13/h1-9,14-16H,10H2,(H,22,23)/t14-,15+,16+,19-/m1/s1. The lowest BCUT2D eigenvalue weighted by Gasteiger charge is -2.22. The van der Waals surface area contributed by atoms with Crippen LogP contribution in [0.3, 0.4) is 0 Å². The predicted molar refractivity (Wildman–Crippen MR) is 87.7 cm³/mol. The Morgan fingerprint density at radius 2 is 2.00 bits per heavy atom. The molecule has 0 aromatic heterocycles. The van der Waals surface area contributed by atoms with Crippen LogP contribution < -0.4 is 4.90 Å². The molecule has 1 spiro atoms. The monoisotopic (exact) mass is 321 g/mol. The number of aliphatic carboxylic acids is 1. The summed E-state index contributed by atoms with van der Waals surface area (Å²) in [6.07, 6.45) is 3.17. The first-order valence-corrected chi connectivity index (χ1v) is 8.00. The van der Waals surface area contributed by atoms with E-state index in [0.717, 1.165) is 16.5 Å². The van der Waals surface area contributed by atoms with Crippen molar-refractivity contribution in [1.29, 1.82) is 0 Å². The van der Waals surface area contributed by atoms with E-state index in [1.807, 2.05) is 48.5 Å². The maximum atomic E-state index is 13.1. The van der Waals surface area contributed by atoms with Gasteiger partial charge in [-0.3, -0.25) is 9.59 Å². The van der Waals surface area contributed by atoms with Gasteiger partial charge in [-0.1, -0.05) is 48.6 Å². The number of amides is 1. The molecule has 0 radical (unpaired) electrons. The number of hydrogen-bond acceptors (Lipinski definition) is 3. The lowest BCUT2D eigenvalue weighted by Crippen LogP contribution is -2.39. The number of carbonyl (C=O) groups excluding carboxylic acids is 1. The highest BCUT2D eigenvalue weighted by molar-refractivity contribution is 6.08. The first kappa shape index (κ1) is 13.7. The van der Waals surface area contributed by atoms with Gasteiger partial charge in [0.25, 0.3) is 0 Å². The van der Waals surface area contributed by atoms with Gasteiger partial charge in [-0.2, -0.15) is 0 Å². The highest BCUT2D eigenvalue weighted by Crippen LogP contribution is 2.53. The Labute approximate surface area is 138 Å². The lowest BCUT2D eigenvalue weighted by molar-refractivity contribution is -0.146. The van der Waals surface area contributed by atoms with E-state index in [0.29, 0.717) is 6.54 Å². The fourth-order valence-electron chi connectivity index (χ4n) is 4.43. The highest BCUT2D eigenvalue weighted by Gasteiger charge is 2.67. The van der Waals surface area contributed by atoms with Gasteiger partial charge in [0.15, 0.2) is 0 Å². The molecule has 5 heteroatoms. The molecule has 24 heavy (non-hydrogen) atoms. The van der Waals surface area contributed by atoms with Gasteiger partial charge in [0.05, 0.1) is 24.3 Å². The largest absolute Gasteiger partial charge is 0.481 e. The Morgan fingerprint density at radius 1 is 1.21 bits per heavy atom. The van der Waals surface area contributed by atoms with Crippen molar-refractivity contribution in [3.63, 3.8) is 0 Å². The van der Waals surface area contributed by atoms with Gasteiger partial charge in [0.2, 0.25) is 5.91 Å². The van der Waals surface area contributed by atoms with Crippen LogP contribution in [0.25, 0.3) is 10.8 Å². The highest BCUT2D eigenvalue weighted by atomic mass is 16.5. The molecule has 5 nitrogen and oxygen atoms in total. The number of carboxylic acids is 1. The van der Waals surface area contributed by atoms with Crippen molar-refractivity contribution in [2.75, 3.05) is 11.4 Å². The average molecular weight is 321 g/mol. The van der Waals surface area contributed by atoms with Crippen LogP contribution in [0, 0.1) is 11.8 Å². The molecule has 3 aliphatic heterocycles. The summed E-state index contributed by atoms with van der Waals surface area (Å²) < 4.78 is 5.94. The summed E-state index contributed by atoms with van der Waals surface area (Å²) in [4.78, 5) is 26.4. The number of rotatable bonds is 2. The van der Waals surface area contributed by atoms with Crippen molar-refractivity contribution < 1.29 is 19.4 Å². The van der Waals surface area contributed by atoms with E-state index < -0.39 is 29.5 Å². The molecule has 2 aromatic carbocycles. The summed E-state index contributed by atoms with van der Waals surface area (Å²) in [6.45, 7) is 0.362. The molecule has 2 saturated heterocycles. The van der Waals surface area contributed by atoms with Gasteiger partial charge in [-0.25, -0.2) is 0 Å². The van der Waals surface area contributed by atoms with Gasteiger partial charge in [0.1, 0.15) is 11.5 Å². The van der Waals surface area contributed by atoms with E-state index >= 15 is 0 Å². The van der Waals surface area contributed by atoms with Gasteiger partial charge in [-0.15, -0.1) is 0 Å². The fraction of sp³-hybridized carbons (Fsp3) is 0.263. The van der Waals surface area contributed by atoms with E-state index in [1.54, 1.807) is 11.0 Å². The Bertz CT molecular complexity index is 915. The van der Waals surface area contributed by atoms with Gasteiger partial charge in [-0.05, 0) is 11.5 Å². The number of ether oxygens (including phenoxy) is 1. The topological polar surface area (TPSA) is 66.8 Å². The zero-order valence-electron chi connectivity index (χ0n) is 12.8. The minimum Gasteiger partial charge on any atom is -0.481 e. The first-order chi connectivity index (χ1) is 11.6. The SMILES string of the molecule is O=C(O)[C@@H]1[C@H]2C(=O)N(c3cccc4ccccc34)C[C@]23C=C[C@H]1O3. The Balaban J connectivity index is 1.64. The molecule has 2 fully saturated rings. The molecule has 0 unspecified atom stereocenters. The smallest absolute Gasteiger partial charge is 0.310 e. The molecule has 120 valence electrons. The molecule has 1 N–H and O–H groups in total. The summed E-state index contributed by atoms with van der Waals surface area (Å²) >= 11 is 0. The molecule has 0 aliphatic carbocycles. The minimum atomic E-state index is -0.968. The first-order valence-electron chi connectivity index (χ1n) is 8.00. The summed E-state index contributed by atoms with van der Waals surface area (Å²) in [5.41, 5.74) is 0.00772. The van der Waals surface area contributed by atoms with Crippen molar-refractivity contribution >= 4 is 28.3 Å². The van der Waals surface area contributed by atoms with Crippen molar-refractivity contribution in [2.45, 2.75) is 11.7 Å². The quantitative estimate of drug-likeness (QED) is 0.861. The average Bonchev–Trinajstić information content (AvgIpc) is 3.22. The maximum absolute atomic E-state index is 13.1. The van der Waals surface area contributed by atoms with Gasteiger partial charge in [0, 0.05) is 5.39 Å². The molecule has 2 aromatic rings. The Hall–Kier alpha value is -2.66. The lowest BCUT2D eigenvalue weighted by atomic mass is 9.77. The van der Waals surface area contributed by atoms with E-state index in [1.165, 1.54) is 0 Å². The van der Waals surface area contributed by atoms with Crippen LogP contribution in [0.4, 0.5) is 5.69 Å². The predicted octanol–water partition coefficient (Wildman–Crippen LogP) is 2.21. The third-order valence-electron chi connectivity index (χ3n) is 5.44.